The Morgan fingerprint density at radius 3 is 2.88 bits per heavy atom. The van der Waals surface area contributed by atoms with Gasteiger partial charge in [-0.25, -0.2) is 4.79 Å². The first-order valence-corrected chi connectivity index (χ1v) is 4.67. The third-order valence-electron chi connectivity index (χ3n) is 1.81. The van der Waals surface area contributed by atoms with E-state index in [1.807, 2.05) is 0 Å². The van der Waals surface area contributed by atoms with E-state index in [0.717, 1.165) is 6.08 Å². The van der Waals surface area contributed by atoms with Gasteiger partial charge in [-0.15, -0.1) is 0 Å². The van der Waals surface area contributed by atoms with Crippen LogP contribution in [-0.2, 0) is 9.53 Å². The fraction of sp³-hybridized carbons (Fsp3) is 0.300. The van der Waals surface area contributed by atoms with Gasteiger partial charge in [0.25, 0.3) is 0 Å². The van der Waals surface area contributed by atoms with Crippen molar-refractivity contribution in [3.8, 4) is 0 Å². The number of nitrogens with one attached hydrogen (secondary N) is 1. The molecule has 1 aromatic rings. The molecule has 0 spiro atoms. The highest BCUT2D eigenvalue weighted by molar-refractivity contribution is 5.99. The summed E-state index contributed by atoms with van der Waals surface area (Å²) in [6, 6.07) is 0. The SMILES string of the molecule is C=CC(=O)Nc1onc(C(=O)OCC)c1C. The normalized spacial score (nSPS) is 9.62. The van der Waals surface area contributed by atoms with Crippen molar-refractivity contribution in [3.05, 3.63) is 23.9 Å². The van der Waals surface area contributed by atoms with Crippen LogP contribution in [0.25, 0.3) is 0 Å². The minimum absolute atomic E-state index is 0.0567. The van der Waals surface area contributed by atoms with E-state index >= 15 is 0 Å². The maximum absolute atomic E-state index is 11.4. The Labute approximate surface area is 92.2 Å². The Kier molecular flexibility index (Phi) is 3.82. The second kappa shape index (κ2) is 5.11. The molecule has 1 aromatic heterocycles. The van der Waals surface area contributed by atoms with Crippen molar-refractivity contribution < 1.29 is 18.8 Å². The maximum Gasteiger partial charge on any atom is 0.360 e. The lowest BCUT2D eigenvalue weighted by Crippen LogP contribution is -2.09. The average molecular weight is 224 g/mol. The largest absolute Gasteiger partial charge is 0.461 e. The molecule has 86 valence electrons. The van der Waals surface area contributed by atoms with Gasteiger partial charge in [0, 0.05) is 5.56 Å². The lowest BCUT2D eigenvalue weighted by atomic mass is 10.2. The molecule has 1 N–H and O–H groups in total. The standard InChI is InChI=1S/C10H12N2O4/c1-4-7(13)11-9-6(3)8(12-16-9)10(14)15-5-2/h4H,1,5H2,2-3H3,(H,11,13). The van der Waals surface area contributed by atoms with Gasteiger partial charge in [-0.3, -0.25) is 10.1 Å². The number of carbonyl (C=O) groups is 2. The van der Waals surface area contributed by atoms with Crippen LogP contribution in [0.2, 0.25) is 0 Å². The van der Waals surface area contributed by atoms with Gasteiger partial charge in [-0.2, -0.15) is 0 Å². The van der Waals surface area contributed by atoms with Gasteiger partial charge in [-0.1, -0.05) is 11.7 Å². The van der Waals surface area contributed by atoms with Gasteiger partial charge in [0.2, 0.25) is 11.8 Å². The molecule has 0 saturated heterocycles. The molecule has 6 nitrogen and oxygen atoms in total. The third kappa shape index (κ3) is 2.47. The van der Waals surface area contributed by atoms with E-state index in [2.05, 4.69) is 17.1 Å². The number of hydrogen-bond donors (Lipinski definition) is 1. The van der Waals surface area contributed by atoms with E-state index in [4.69, 9.17) is 9.26 Å². The number of hydrogen-bond acceptors (Lipinski definition) is 5. The van der Waals surface area contributed by atoms with Crippen LogP contribution in [0.5, 0.6) is 0 Å². The van der Waals surface area contributed by atoms with Crippen LogP contribution in [-0.4, -0.2) is 23.6 Å². The molecule has 0 aliphatic carbocycles. The van der Waals surface area contributed by atoms with Crippen molar-refractivity contribution >= 4 is 17.8 Å². The van der Waals surface area contributed by atoms with Crippen LogP contribution in [0.3, 0.4) is 0 Å². The Balaban J connectivity index is 2.87. The smallest absolute Gasteiger partial charge is 0.360 e. The molecule has 0 fully saturated rings. The fourth-order valence-corrected chi connectivity index (χ4v) is 1.01. The first-order valence-electron chi connectivity index (χ1n) is 4.67. The summed E-state index contributed by atoms with van der Waals surface area (Å²) < 4.78 is 9.56. The summed E-state index contributed by atoms with van der Waals surface area (Å²) in [5.41, 5.74) is 0.481. The average Bonchev–Trinajstić information content (AvgIpc) is 2.61. The summed E-state index contributed by atoms with van der Waals surface area (Å²) in [6.07, 6.45) is 1.09. The first kappa shape index (κ1) is 12.0. The molecule has 0 saturated carbocycles. The maximum atomic E-state index is 11.4. The molecule has 1 rings (SSSR count). The molecule has 16 heavy (non-hydrogen) atoms. The lowest BCUT2D eigenvalue weighted by molar-refractivity contribution is -0.112. The summed E-state index contributed by atoms with van der Waals surface area (Å²) in [6.45, 7) is 6.83. The molecule has 1 amide bonds. The van der Waals surface area contributed by atoms with Gasteiger partial charge in [0.05, 0.1) is 6.61 Å². The van der Waals surface area contributed by atoms with Crippen LogP contribution in [0.15, 0.2) is 17.2 Å². The van der Waals surface area contributed by atoms with Gasteiger partial charge >= 0.3 is 5.97 Å². The number of carbonyl (C=O) groups excluding carboxylic acids is 2. The van der Waals surface area contributed by atoms with E-state index in [-0.39, 0.29) is 18.2 Å². The van der Waals surface area contributed by atoms with Crippen molar-refractivity contribution in [2.45, 2.75) is 13.8 Å². The summed E-state index contributed by atoms with van der Waals surface area (Å²) >= 11 is 0. The Bertz CT molecular complexity index is 422. The van der Waals surface area contributed by atoms with Gasteiger partial charge in [0.15, 0.2) is 5.69 Å². The van der Waals surface area contributed by atoms with Crippen LogP contribution in [0.4, 0.5) is 5.88 Å². The predicted octanol–water partition coefficient (Wildman–Crippen LogP) is 1.28. The molecule has 1 heterocycles. The number of esters is 1. The van der Waals surface area contributed by atoms with E-state index < -0.39 is 11.9 Å². The summed E-state index contributed by atoms with van der Waals surface area (Å²) in [7, 11) is 0. The molecule has 0 bridgehead atoms. The van der Waals surface area contributed by atoms with Crippen molar-refractivity contribution in [3.63, 3.8) is 0 Å². The number of anilines is 1. The zero-order valence-corrected chi connectivity index (χ0v) is 9.07. The summed E-state index contributed by atoms with van der Waals surface area (Å²) in [5.74, 6) is -0.898. The Hall–Kier alpha value is -2.11. The summed E-state index contributed by atoms with van der Waals surface area (Å²) in [4.78, 5) is 22.4. The fourth-order valence-electron chi connectivity index (χ4n) is 1.01. The molecule has 0 atom stereocenters. The molecule has 6 heteroatoms. The number of rotatable bonds is 4. The number of nitrogens with zero attached hydrogens (tertiary/aromatic N) is 1. The zero-order valence-electron chi connectivity index (χ0n) is 9.07. The number of amides is 1. The van der Waals surface area contributed by atoms with Gasteiger partial charge < -0.3 is 9.26 Å². The molecule has 0 radical (unpaired) electrons. The highest BCUT2D eigenvalue weighted by Gasteiger charge is 2.20. The minimum atomic E-state index is -0.581. The minimum Gasteiger partial charge on any atom is -0.461 e. The molecule has 0 aromatic carbocycles. The second-order valence-electron chi connectivity index (χ2n) is 2.90. The number of ether oxygens (including phenoxy) is 1. The second-order valence-corrected chi connectivity index (χ2v) is 2.90. The number of aromatic nitrogens is 1. The highest BCUT2D eigenvalue weighted by Crippen LogP contribution is 2.19. The topological polar surface area (TPSA) is 81.4 Å². The van der Waals surface area contributed by atoms with E-state index in [1.54, 1.807) is 13.8 Å². The van der Waals surface area contributed by atoms with Crippen molar-refractivity contribution in [2.24, 2.45) is 0 Å². The third-order valence-corrected chi connectivity index (χ3v) is 1.81. The van der Waals surface area contributed by atoms with E-state index in [9.17, 15) is 9.59 Å². The van der Waals surface area contributed by atoms with Crippen molar-refractivity contribution in [1.29, 1.82) is 0 Å². The van der Waals surface area contributed by atoms with Gasteiger partial charge in [-0.05, 0) is 19.9 Å². The summed E-state index contributed by atoms with van der Waals surface area (Å²) in [5, 5.41) is 5.91. The Morgan fingerprint density at radius 1 is 1.62 bits per heavy atom. The molecule has 0 aliphatic heterocycles. The van der Waals surface area contributed by atoms with Crippen molar-refractivity contribution in [1.82, 2.24) is 5.16 Å². The van der Waals surface area contributed by atoms with Crippen LogP contribution >= 0.6 is 0 Å². The Morgan fingerprint density at radius 2 is 2.31 bits per heavy atom. The zero-order chi connectivity index (χ0) is 12.1. The molecule has 0 aliphatic rings. The lowest BCUT2D eigenvalue weighted by Gasteiger charge is -1.98. The van der Waals surface area contributed by atoms with Crippen LogP contribution in [0.1, 0.15) is 23.0 Å². The predicted molar refractivity (Wildman–Crippen MR) is 56.0 cm³/mol. The first-order chi connectivity index (χ1) is 7.60. The molecular formula is C10H12N2O4. The monoisotopic (exact) mass is 224 g/mol. The van der Waals surface area contributed by atoms with Crippen LogP contribution < -0.4 is 5.32 Å². The van der Waals surface area contributed by atoms with E-state index in [1.165, 1.54) is 0 Å². The van der Waals surface area contributed by atoms with Crippen LogP contribution in [0, 0.1) is 6.92 Å². The van der Waals surface area contributed by atoms with Gasteiger partial charge in [0.1, 0.15) is 0 Å². The highest BCUT2D eigenvalue weighted by atomic mass is 16.5. The van der Waals surface area contributed by atoms with E-state index in [0.29, 0.717) is 5.56 Å². The van der Waals surface area contributed by atoms with Crippen molar-refractivity contribution in [2.75, 3.05) is 11.9 Å². The molecule has 0 unspecified atom stereocenters. The molecular weight excluding hydrogens is 212 g/mol. The quantitative estimate of drug-likeness (QED) is 0.615.